The molecule has 0 aromatic carbocycles. The van der Waals surface area contributed by atoms with Gasteiger partial charge in [0.25, 0.3) is 0 Å². The minimum absolute atomic E-state index is 0.389. The van der Waals surface area contributed by atoms with Gasteiger partial charge in [0.1, 0.15) is 6.34 Å². The van der Waals surface area contributed by atoms with Crippen LogP contribution in [0.1, 0.15) is 19.8 Å². The highest BCUT2D eigenvalue weighted by atomic mass is 14.9. The molecule has 0 saturated heterocycles. The Hall–Kier alpha value is -0.660. The highest BCUT2D eigenvalue weighted by molar-refractivity contribution is 5.82. The van der Waals surface area contributed by atoms with E-state index in [2.05, 4.69) is 16.9 Å². The van der Waals surface area contributed by atoms with Crippen LogP contribution in [0, 0.1) is 0 Å². The Balaban J connectivity index is 2.27. The lowest BCUT2D eigenvalue weighted by Gasteiger charge is -1.95. The molecule has 1 atom stereocenters. The third-order valence-electron chi connectivity index (χ3n) is 1.17. The van der Waals surface area contributed by atoms with Gasteiger partial charge in [0.05, 0.1) is 6.04 Å². The van der Waals surface area contributed by atoms with Gasteiger partial charge in [-0.2, -0.15) is 0 Å². The molecule has 1 heterocycles. The molecule has 8 heavy (non-hydrogen) atoms. The van der Waals surface area contributed by atoms with E-state index in [0.717, 1.165) is 6.42 Å². The summed E-state index contributed by atoms with van der Waals surface area (Å²) in [7, 11) is 0. The first kappa shape index (κ1) is 5.48. The molecule has 1 unspecified atom stereocenters. The zero-order valence-corrected chi connectivity index (χ0v) is 5.04. The second kappa shape index (κ2) is 2.60. The summed E-state index contributed by atoms with van der Waals surface area (Å²) >= 11 is 0. The third kappa shape index (κ3) is 1.15. The van der Waals surface area contributed by atoms with Gasteiger partial charge in [0.2, 0.25) is 0 Å². The van der Waals surface area contributed by atoms with Crippen LogP contribution in [0.2, 0.25) is 0 Å². The first-order valence-electron chi connectivity index (χ1n) is 2.98. The van der Waals surface area contributed by atoms with Crippen molar-refractivity contribution < 1.29 is 0 Å². The second-order valence-electron chi connectivity index (χ2n) is 1.92. The van der Waals surface area contributed by atoms with Gasteiger partial charge in [-0.25, -0.2) is 4.99 Å². The molecule has 0 amide bonds. The average Bonchev–Trinajstić information content (AvgIpc) is 2.19. The smallest absolute Gasteiger partial charge is 0.110 e. The molecule has 0 aromatic heterocycles. The van der Waals surface area contributed by atoms with E-state index < -0.39 is 0 Å². The minimum Gasteiger partial charge on any atom is -0.264 e. The molecular weight excluding hydrogens is 100 g/mol. The Morgan fingerprint density at radius 1 is 1.62 bits per heavy atom. The Morgan fingerprint density at radius 3 is 3.00 bits per heavy atom. The van der Waals surface area contributed by atoms with Crippen molar-refractivity contribution in [2.24, 2.45) is 9.98 Å². The van der Waals surface area contributed by atoms with Crippen molar-refractivity contribution in [2.75, 3.05) is 0 Å². The molecule has 0 aromatic rings. The second-order valence-corrected chi connectivity index (χ2v) is 1.92. The quantitative estimate of drug-likeness (QED) is 0.511. The summed E-state index contributed by atoms with van der Waals surface area (Å²) in [5, 5.41) is 0. The van der Waals surface area contributed by atoms with Gasteiger partial charge in [-0.1, -0.05) is 13.3 Å². The standard InChI is InChI=1S/C6H10N2/c1-2-3-6-4-7-5-8-6/h4-6H,2-3H2,1H3. The first-order chi connectivity index (χ1) is 3.93. The SMILES string of the molecule is CCCC1C=NC=N1. The van der Waals surface area contributed by atoms with Crippen LogP contribution in [-0.4, -0.2) is 18.6 Å². The largest absolute Gasteiger partial charge is 0.264 e. The van der Waals surface area contributed by atoms with Gasteiger partial charge in [-0.3, -0.25) is 4.99 Å². The maximum atomic E-state index is 4.08. The van der Waals surface area contributed by atoms with Crippen molar-refractivity contribution in [3.63, 3.8) is 0 Å². The average molecular weight is 110 g/mol. The van der Waals surface area contributed by atoms with E-state index in [4.69, 9.17) is 0 Å². The zero-order valence-electron chi connectivity index (χ0n) is 5.04. The molecule has 0 saturated carbocycles. The zero-order chi connectivity index (χ0) is 5.82. The molecule has 0 spiro atoms. The third-order valence-corrected chi connectivity index (χ3v) is 1.17. The van der Waals surface area contributed by atoms with Crippen LogP contribution < -0.4 is 0 Å². The van der Waals surface area contributed by atoms with Crippen molar-refractivity contribution >= 4 is 12.6 Å². The molecule has 1 aliphatic rings. The van der Waals surface area contributed by atoms with Gasteiger partial charge in [-0.15, -0.1) is 0 Å². The fourth-order valence-electron chi connectivity index (χ4n) is 0.745. The van der Waals surface area contributed by atoms with E-state index in [1.807, 2.05) is 6.21 Å². The van der Waals surface area contributed by atoms with E-state index in [0.29, 0.717) is 6.04 Å². The van der Waals surface area contributed by atoms with Gasteiger partial charge >= 0.3 is 0 Å². The number of rotatable bonds is 2. The predicted molar refractivity (Wildman–Crippen MR) is 35.7 cm³/mol. The summed E-state index contributed by atoms with van der Waals surface area (Å²) in [5.41, 5.74) is 0. The molecular formula is C6H10N2. The normalized spacial score (nSPS) is 24.9. The van der Waals surface area contributed by atoms with Crippen molar-refractivity contribution in [2.45, 2.75) is 25.8 Å². The van der Waals surface area contributed by atoms with Gasteiger partial charge < -0.3 is 0 Å². The van der Waals surface area contributed by atoms with Crippen molar-refractivity contribution in [1.29, 1.82) is 0 Å². The Labute approximate surface area is 49.3 Å². The number of hydrogen-bond acceptors (Lipinski definition) is 2. The van der Waals surface area contributed by atoms with Crippen molar-refractivity contribution in [3.8, 4) is 0 Å². The molecule has 0 N–H and O–H groups in total. The van der Waals surface area contributed by atoms with Crippen LogP contribution in [0.3, 0.4) is 0 Å². The van der Waals surface area contributed by atoms with E-state index in [-0.39, 0.29) is 0 Å². The molecule has 1 rings (SSSR count). The van der Waals surface area contributed by atoms with E-state index in [1.165, 1.54) is 6.42 Å². The molecule has 1 aliphatic heterocycles. The molecule has 2 nitrogen and oxygen atoms in total. The molecule has 0 bridgehead atoms. The lowest BCUT2D eigenvalue weighted by Crippen LogP contribution is -2.00. The highest BCUT2D eigenvalue weighted by Crippen LogP contribution is 2.01. The summed E-state index contributed by atoms with van der Waals surface area (Å²) < 4.78 is 0. The summed E-state index contributed by atoms with van der Waals surface area (Å²) in [4.78, 5) is 7.94. The van der Waals surface area contributed by atoms with Gasteiger partial charge in [0, 0.05) is 6.21 Å². The van der Waals surface area contributed by atoms with Crippen LogP contribution in [0.25, 0.3) is 0 Å². The van der Waals surface area contributed by atoms with Crippen LogP contribution in [-0.2, 0) is 0 Å². The summed E-state index contributed by atoms with van der Waals surface area (Å²) in [5.74, 6) is 0. The molecule has 0 radical (unpaired) electrons. The summed E-state index contributed by atoms with van der Waals surface area (Å²) in [6.45, 7) is 2.15. The molecule has 2 heteroatoms. The molecule has 44 valence electrons. The van der Waals surface area contributed by atoms with Crippen LogP contribution in [0.5, 0.6) is 0 Å². The maximum Gasteiger partial charge on any atom is 0.110 e. The van der Waals surface area contributed by atoms with E-state index >= 15 is 0 Å². The number of nitrogens with zero attached hydrogens (tertiary/aromatic N) is 2. The van der Waals surface area contributed by atoms with Gasteiger partial charge in [-0.05, 0) is 6.42 Å². The fraction of sp³-hybridized carbons (Fsp3) is 0.667. The van der Waals surface area contributed by atoms with Gasteiger partial charge in [0.15, 0.2) is 0 Å². The predicted octanol–water partition coefficient (Wildman–Crippen LogP) is 1.27. The fourth-order valence-corrected chi connectivity index (χ4v) is 0.745. The molecule has 0 fully saturated rings. The summed E-state index contributed by atoms with van der Waals surface area (Å²) in [6.07, 6.45) is 5.85. The van der Waals surface area contributed by atoms with Crippen LogP contribution in [0.15, 0.2) is 9.98 Å². The topological polar surface area (TPSA) is 24.7 Å². The van der Waals surface area contributed by atoms with Crippen LogP contribution in [0.4, 0.5) is 0 Å². The Kier molecular flexibility index (Phi) is 1.78. The van der Waals surface area contributed by atoms with E-state index in [9.17, 15) is 0 Å². The Bertz CT molecular complexity index is 104. The van der Waals surface area contributed by atoms with Crippen molar-refractivity contribution in [1.82, 2.24) is 0 Å². The number of hydrogen-bond donors (Lipinski definition) is 0. The first-order valence-corrected chi connectivity index (χ1v) is 2.98. The van der Waals surface area contributed by atoms with Crippen molar-refractivity contribution in [3.05, 3.63) is 0 Å². The monoisotopic (exact) mass is 110 g/mol. The lowest BCUT2D eigenvalue weighted by atomic mass is 10.2. The molecule has 0 aliphatic carbocycles. The maximum absolute atomic E-state index is 4.08. The minimum atomic E-state index is 0.389. The summed E-state index contributed by atoms with van der Waals surface area (Å²) in [6, 6.07) is 0.389. The van der Waals surface area contributed by atoms with Crippen LogP contribution >= 0.6 is 0 Å². The Morgan fingerprint density at radius 2 is 2.50 bits per heavy atom. The highest BCUT2D eigenvalue weighted by Gasteiger charge is 2.01. The number of aliphatic imine (C=N–C) groups is 2. The van der Waals surface area contributed by atoms with E-state index in [1.54, 1.807) is 6.34 Å². The lowest BCUT2D eigenvalue weighted by molar-refractivity contribution is 0.751.